The van der Waals surface area contributed by atoms with E-state index in [1.54, 1.807) is 0 Å². The average molecular weight is 333 g/mol. The van der Waals surface area contributed by atoms with Crippen LogP contribution >= 0.6 is 0 Å². The third kappa shape index (κ3) is 6.23. The van der Waals surface area contributed by atoms with Gasteiger partial charge in [-0.1, -0.05) is 39.0 Å². The van der Waals surface area contributed by atoms with Crippen molar-refractivity contribution in [3.8, 4) is 0 Å². The molecule has 0 radical (unpaired) electrons. The van der Waals surface area contributed by atoms with Gasteiger partial charge in [0.15, 0.2) is 0 Å². The van der Waals surface area contributed by atoms with Crippen molar-refractivity contribution in [3.05, 3.63) is 29.8 Å². The predicted octanol–water partition coefficient (Wildman–Crippen LogP) is 2.23. The number of para-hydroxylation sites is 1. The molecule has 1 aliphatic heterocycles. The Morgan fingerprint density at radius 2 is 1.88 bits per heavy atom. The minimum Gasteiger partial charge on any atom is -0.379 e. The van der Waals surface area contributed by atoms with Gasteiger partial charge in [0.1, 0.15) is 0 Å². The van der Waals surface area contributed by atoms with Crippen molar-refractivity contribution in [2.45, 2.75) is 32.6 Å². The van der Waals surface area contributed by atoms with Crippen LogP contribution in [-0.4, -0.2) is 56.7 Å². The molecule has 1 amide bonds. The molecule has 0 aliphatic carbocycles. The summed E-state index contributed by atoms with van der Waals surface area (Å²) < 4.78 is 5.33. The first kappa shape index (κ1) is 18.9. The summed E-state index contributed by atoms with van der Waals surface area (Å²) in [6.07, 6.45) is 0.488. The maximum atomic E-state index is 12.2. The second-order valence-corrected chi connectivity index (χ2v) is 7.30. The lowest BCUT2D eigenvalue weighted by Crippen LogP contribution is -2.40. The van der Waals surface area contributed by atoms with Crippen LogP contribution in [0.15, 0.2) is 24.3 Å². The molecule has 0 aromatic heterocycles. The van der Waals surface area contributed by atoms with Crippen molar-refractivity contribution in [1.29, 1.82) is 0 Å². The number of nitrogens with zero attached hydrogens (tertiary/aromatic N) is 1. The molecule has 134 valence electrons. The van der Waals surface area contributed by atoms with Crippen molar-refractivity contribution in [2.75, 3.05) is 51.3 Å². The van der Waals surface area contributed by atoms with Crippen molar-refractivity contribution < 1.29 is 9.53 Å². The molecule has 1 fully saturated rings. The molecule has 1 aromatic rings. The molecule has 0 unspecified atom stereocenters. The van der Waals surface area contributed by atoms with Gasteiger partial charge in [-0.05, 0) is 17.0 Å². The summed E-state index contributed by atoms with van der Waals surface area (Å²) in [4.78, 5) is 14.6. The fourth-order valence-electron chi connectivity index (χ4n) is 2.85. The number of rotatable bonds is 7. The normalized spacial score (nSPS) is 16.1. The zero-order valence-electron chi connectivity index (χ0n) is 15.2. The average Bonchev–Trinajstić information content (AvgIpc) is 2.55. The largest absolute Gasteiger partial charge is 0.379 e. The van der Waals surface area contributed by atoms with Gasteiger partial charge in [0.25, 0.3) is 0 Å². The fraction of sp³-hybridized carbons (Fsp3) is 0.632. The van der Waals surface area contributed by atoms with E-state index in [0.29, 0.717) is 13.0 Å². The summed E-state index contributed by atoms with van der Waals surface area (Å²) in [7, 11) is 0. The molecule has 0 saturated carbocycles. The molecule has 2 N–H and O–H groups in total. The molecule has 0 atom stereocenters. The minimum absolute atomic E-state index is 0.0142. The highest BCUT2D eigenvalue weighted by molar-refractivity contribution is 5.91. The van der Waals surface area contributed by atoms with Gasteiger partial charge in [-0.3, -0.25) is 9.69 Å². The van der Waals surface area contributed by atoms with Crippen LogP contribution in [0.5, 0.6) is 0 Å². The van der Waals surface area contributed by atoms with E-state index in [1.807, 2.05) is 18.2 Å². The molecular weight excluding hydrogens is 302 g/mol. The molecule has 1 aliphatic rings. The number of carbonyl (C=O) groups excluding carboxylic acids is 1. The number of hydrogen-bond acceptors (Lipinski definition) is 4. The van der Waals surface area contributed by atoms with Gasteiger partial charge in [0.05, 0.1) is 13.2 Å². The molecule has 0 spiro atoms. The van der Waals surface area contributed by atoms with Crippen LogP contribution in [0.1, 0.15) is 32.8 Å². The van der Waals surface area contributed by atoms with Crippen LogP contribution in [0.3, 0.4) is 0 Å². The van der Waals surface area contributed by atoms with Crippen molar-refractivity contribution in [3.63, 3.8) is 0 Å². The molecule has 24 heavy (non-hydrogen) atoms. The van der Waals surface area contributed by atoms with Crippen LogP contribution in [0.4, 0.5) is 5.69 Å². The predicted molar refractivity (Wildman–Crippen MR) is 98.5 cm³/mol. The number of benzene rings is 1. The first-order chi connectivity index (χ1) is 11.5. The maximum absolute atomic E-state index is 12.2. The Kier molecular flexibility index (Phi) is 7.21. The minimum atomic E-state index is 0.0142. The Hall–Kier alpha value is -1.43. The summed E-state index contributed by atoms with van der Waals surface area (Å²) in [5.74, 6) is 0.0607. The lowest BCUT2D eigenvalue weighted by molar-refractivity contribution is -0.116. The van der Waals surface area contributed by atoms with Gasteiger partial charge in [-0.25, -0.2) is 0 Å². The highest BCUT2D eigenvalue weighted by Gasteiger charge is 2.18. The monoisotopic (exact) mass is 333 g/mol. The Morgan fingerprint density at radius 3 is 2.58 bits per heavy atom. The van der Waals surface area contributed by atoms with Crippen molar-refractivity contribution in [2.24, 2.45) is 0 Å². The highest BCUT2D eigenvalue weighted by atomic mass is 16.5. The van der Waals surface area contributed by atoms with Crippen molar-refractivity contribution >= 4 is 11.6 Å². The molecule has 1 heterocycles. The smallest absolute Gasteiger partial charge is 0.225 e. The second kappa shape index (κ2) is 9.16. The molecule has 5 nitrogen and oxygen atoms in total. The number of nitrogens with one attached hydrogen (secondary N) is 2. The summed E-state index contributed by atoms with van der Waals surface area (Å²) in [5, 5.41) is 6.40. The Balaban J connectivity index is 1.68. The fourth-order valence-corrected chi connectivity index (χ4v) is 2.85. The van der Waals surface area contributed by atoms with Gasteiger partial charge in [0.2, 0.25) is 5.91 Å². The van der Waals surface area contributed by atoms with Crippen LogP contribution in [0.2, 0.25) is 0 Å². The number of anilines is 1. The van der Waals surface area contributed by atoms with Gasteiger partial charge < -0.3 is 15.4 Å². The molecular formula is C19H31N3O2. The van der Waals surface area contributed by atoms with Crippen LogP contribution in [0, 0.1) is 0 Å². The molecule has 5 heteroatoms. The van der Waals surface area contributed by atoms with E-state index in [0.717, 1.165) is 45.1 Å². The Morgan fingerprint density at radius 1 is 1.17 bits per heavy atom. The van der Waals surface area contributed by atoms with Crippen LogP contribution < -0.4 is 10.6 Å². The number of hydrogen-bond donors (Lipinski definition) is 2. The zero-order chi connectivity index (χ0) is 17.4. The first-order valence-corrected chi connectivity index (χ1v) is 8.87. The van der Waals surface area contributed by atoms with Crippen LogP contribution in [-0.2, 0) is 14.9 Å². The summed E-state index contributed by atoms with van der Waals surface area (Å²) in [5.41, 5.74) is 2.10. The van der Waals surface area contributed by atoms with Gasteiger partial charge in [-0.15, -0.1) is 0 Å². The van der Waals surface area contributed by atoms with E-state index in [2.05, 4.69) is 42.4 Å². The molecule has 0 bridgehead atoms. The second-order valence-electron chi connectivity index (χ2n) is 7.30. The Bertz CT molecular complexity index is 520. The molecule has 1 saturated heterocycles. The van der Waals surface area contributed by atoms with Gasteiger partial charge in [0, 0.05) is 44.8 Å². The lowest BCUT2D eigenvalue weighted by Gasteiger charge is -2.26. The van der Waals surface area contributed by atoms with E-state index in [1.165, 1.54) is 5.56 Å². The third-order valence-electron chi connectivity index (χ3n) is 4.25. The van der Waals surface area contributed by atoms with Crippen LogP contribution in [0.25, 0.3) is 0 Å². The first-order valence-electron chi connectivity index (χ1n) is 8.87. The Labute approximate surface area is 145 Å². The van der Waals surface area contributed by atoms with E-state index < -0.39 is 0 Å². The van der Waals surface area contributed by atoms with Gasteiger partial charge >= 0.3 is 0 Å². The van der Waals surface area contributed by atoms with E-state index >= 15 is 0 Å². The molecule has 1 aromatic carbocycles. The lowest BCUT2D eigenvalue weighted by atomic mass is 9.86. The van der Waals surface area contributed by atoms with E-state index in [4.69, 9.17) is 4.74 Å². The zero-order valence-corrected chi connectivity index (χ0v) is 15.2. The molecule has 2 rings (SSSR count). The van der Waals surface area contributed by atoms with Crippen molar-refractivity contribution in [1.82, 2.24) is 10.2 Å². The summed E-state index contributed by atoms with van der Waals surface area (Å²) >= 11 is 0. The SMILES string of the molecule is CC(C)(C)c1ccccc1NC(=O)CCNCCN1CCOCC1. The maximum Gasteiger partial charge on any atom is 0.225 e. The summed E-state index contributed by atoms with van der Waals surface area (Å²) in [6, 6.07) is 8.04. The number of morpholine rings is 1. The topological polar surface area (TPSA) is 53.6 Å². The number of amides is 1. The number of carbonyl (C=O) groups is 1. The summed E-state index contributed by atoms with van der Waals surface area (Å²) in [6.45, 7) is 12.8. The van der Waals surface area contributed by atoms with Gasteiger partial charge in [-0.2, -0.15) is 0 Å². The number of ether oxygens (including phenoxy) is 1. The standard InChI is InChI=1S/C19H31N3O2/c1-19(2,3)16-6-4-5-7-17(16)21-18(23)8-9-20-10-11-22-12-14-24-15-13-22/h4-7,20H,8-15H2,1-3H3,(H,21,23). The van der Waals surface area contributed by atoms with E-state index in [9.17, 15) is 4.79 Å². The van der Waals surface area contributed by atoms with E-state index in [-0.39, 0.29) is 11.3 Å². The highest BCUT2D eigenvalue weighted by Crippen LogP contribution is 2.29. The quantitative estimate of drug-likeness (QED) is 0.752. The third-order valence-corrected chi connectivity index (χ3v) is 4.25.